The molecule has 86 valence electrons. The van der Waals surface area contributed by atoms with E-state index in [1.807, 2.05) is 0 Å². The van der Waals surface area contributed by atoms with Crippen molar-refractivity contribution in [3.8, 4) is 0 Å². The molecular weight excluding hydrogens is 194 g/mol. The summed E-state index contributed by atoms with van der Waals surface area (Å²) in [5.74, 6) is 0. The van der Waals surface area contributed by atoms with Gasteiger partial charge in [0.15, 0.2) is 0 Å². The van der Waals surface area contributed by atoms with Crippen molar-refractivity contribution in [3.63, 3.8) is 0 Å². The average molecular weight is 215 g/mol. The van der Waals surface area contributed by atoms with Gasteiger partial charge >= 0.3 is 0 Å². The van der Waals surface area contributed by atoms with E-state index < -0.39 is 0 Å². The Balaban J connectivity index is 2.48. The van der Waals surface area contributed by atoms with Gasteiger partial charge in [0.05, 0.1) is 0 Å². The van der Waals surface area contributed by atoms with Crippen molar-refractivity contribution in [1.82, 2.24) is 5.32 Å². The minimum Gasteiger partial charge on any atom is -0.309 e. The van der Waals surface area contributed by atoms with Crippen molar-refractivity contribution in [2.24, 2.45) is 0 Å². The average Bonchev–Trinajstić information content (AvgIpc) is 2.69. The number of nitrogens with one attached hydrogen (secondary N) is 1. The molecule has 0 aromatic heterocycles. The van der Waals surface area contributed by atoms with Gasteiger partial charge in [-0.1, -0.05) is 45.0 Å². The molecule has 0 saturated carbocycles. The van der Waals surface area contributed by atoms with Gasteiger partial charge in [0, 0.05) is 13.1 Å². The van der Waals surface area contributed by atoms with Gasteiger partial charge in [-0.15, -0.1) is 0 Å². The van der Waals surface area contributed by atoms with Crippen molar-refractivity contribution < 1.29 is 0 Å². The van der Waals surface area contributed by atoms with Crippen LogP contribution >= 0.6 is 0 Å². The third-order valence-corrected chi connectivity index (χ3v) is 3.30. The summed E-state index contributed by atoms with van der Waals surface area (Å²) in [4.78, 5) is 0. The van der Waals surface area contributed by atoms with E-state index in [1.54, 1.807) is 0 Å². The molecule has 1 aromatic rings. The first-order valence-corrected chi connectivity index (χ1v) is 6.00. The van der Waals surface area contributed by atoms with Crippen molar-refractivity contribution in [2.45, 2.75) is 33.1 Å². The van der Waals surface area contributed by atoms with Crippen LogP contribution in [0.5, 0.6) is 0 Å². The molecule has 0 unspecified atom stereocenters. The number of benzene rings is 1. The zero-order chi connectivity index (χ0) is 11.8. The highest BCUT2D eigenvalue weighted by atomic mass is 14.9. The normalized spacial score (nSPS) is 16.4. The minimum atomic E-state index is 0.229. The lowest BCUT2D eigenvalue weighted by atomic mass is 9.81. The second-order valence-electron chi connectivity index (χ2n) is 5.59. The molecular formula is C15H21N. The molecule has 0 fully saturated rings. The Morgan fingerprint density at radius 2 is 1.94 bits per heavy atom. The van der Waals surface area contributed by atoms with Gasteiger partial charge in [0.1, 0.15) is 0 Å². The summed E-state index contributed by atoms with van der Waals surface area (Å²) in [6.07, 6.45) is 2.30. The fourth-order valence-electron chi connectivity index (χ4n) is 2.48. The smallest absolute Gasteiger partial charge is 0.0211 e. The molecule has 0 bridgehead atoms. The van der Waals surface area contributed by atoms with Gasteiger partial charge in [0.2, 0.25) is 0 Å². The summed E-state index contributed by atoms with van der Waals surface area (Å²) in [6.45, 7) is 11.1. The van der Waals surface area contributed by atoms with Crippen molar-refractivity contribution in [2.75, 3.05) is 13.1 Å². The van der Waals surface area contributed by atoms with E-state index in [0.717, 1.165) is 13.1 Å². The molecule has 0 atom stereocenters. The van der Waals surface area contributed by atoms with Gasteiger partial charge in [-0.25, -0.2) is 0 Å². The zero-order valence-electron chi connectivity index (χ0n) is 10.7. The Bertz CT molecular complexity index is 422. The molecule has 0 spiro atoms. The fraction of sp³-hybridized carbons (Fsp3) is 0.467. The molecule has 1 aliphatic rings. The van der Waals surface area contributed by atoms with Crippen LogP contribution in [-0.2, 0) is 5.41 Å². The Labute approximate surface area is 98.6 Å². The first-order valence-electron chi connectivity index (χ1n) is 6.00. The maximum atomic E-state index is 3.36. The number of rotatable bonds is 1. The van der Waals surface area contributed by atoms with Crippen LogP contribution in [0.1, 0.15) is 37.5 Å². The molecule has 1 aromatic carbocycles. The maximum absolute atomic E-state index is 3.36. The van der Waals surface area contributed by atoms with Crippen LogP contribution in [0.25, 0.3) is 5.57 Å². The topological polar surface area (TPSA) is 12.0 Å². The van der Waals surface area contributed by atoms with E-state index in [9.17, 15) is 0 Å². The van der Waals surface area contributed by atoms with Crippen LogP contribution < -0.4 is 5.32 Å². The summed E-state index contributed by atoms with van der Waals surface area (Å²) in [5, 5.41) is 3.36. The standard InChI is InChI=1S/C15H21N/c1-11-13(12-8-9-16-10-12)6-5-7-14(11)15(2,3)4/h5-8,16H,9-10H2,1-4H3. The predicted octanol–water partition coefficient (Wildman–Crippen LogP) is 3.28. The fourth-order valence-corrected chi connectivity index (χ4v) is 2.48. The first kappa shape index (κ1) is 11.4. The molecule has 1 nitrogen and oxygen atoms in total. The van der Waals surface area contributed by atoms with Gasteiger partial charge in [-0.05, 0) is 34.6 Å². The lowest BCUT2D eigenvalue weighted by Crippen LogP contribution is -2.14. The molecule has 1 aliphatic heterocycles. The summed E-state index contributed by atoms with van der Waals surface area (Å²) in [5.41, 5.74) is 5.98. The van der Waals surface area contributed by atoms with Crippen molar-refractivity contribution in [1.29, 1.82) is 0 Å². The van der Waals surface area contributed by atoms with Crippen LogP contribution in [0.3, 0.4) is 0 Å². The Kier molecular flexibility index (Phi) is 2.90. The Morgan fingerprint density at radius 3 is 2.50 bits per heavy atom. The summed E-state index contributed by atoms with van der Waals surface area (Å²) in [6, 6.07) is 6.67. The minimum absolute atomic E-state index is 0.229. The second-order valence-corrected chi connectivity index (χ2v) is 5.59. The van der Waals surface area contributed by atoms with Gasteiger partial charge in [-0.2, -0.15) is 0 Å². The Hall–Kier alpha value is -1.08. The largest absolute Gasteiger partial charge is 0.309 e. The van der Waals surface area contributed by atoms with E-state index in [0.29, 0.717) is 0 Å². The summed E-state index contributed by atoms with van der Waals surface area (Å²) < 4.78 is 0. The Morgan fingerprint density at radius 1 is 1.19 bits per heavy atom. The third kappa shape index (κ3) is 2.05. The predicted molar refractivity (Wildman–Crippen MR) is 70.7 cm³/mol. The van der Waals surface area contributed by atoms with E-state index in [4.69, 9.17) is 0 Å². The summed E-state index contributed by atoms with van der Waals surface area (Å²) in [7, 11) is 0. The van der Waals surface area contributed by atoms with E-state index in [2.05, 4.69) is 57.3 Å². The molecule has 1 N–H and O–H groups in total. The van der Waals surface area contributed by atoms with E-state index in [1.165, 1.54) is 22.3 Å². The SMILES string of the molecule is Cc1c(C2=CCNC2)cccc1C(C)(C)C. The van der Waals surface area contributed by atoms with E-state index >= 15 is 0 Å². The molecule has 2 rings (SSSR count). The number of hydrogen-bond acceptors (Lipinski definition) is 1. The van der Waals surface area contributed by atoms with Gasteiger partial charge < -0.3 is 5.32 Å². The maximum Gasteiger partial charge on any atom is 0.0211 e. The zero-order valence-corrected chi connectivity index (χ0v) is 10.7. The molecule has 0 aliphatic carbocycles. The van der Waals surface area contributed by atoms with Crippen LogP contribution in [0.4, 0.5) is 0 Å². The lowest BCUT2D eigenvalue weighted by molar-refractivity contribution is 0.586. The molecule has 0 saturated heterocycles. The van der Waals surface area contributed by atoms with Crippen molar-refractivity contribution in [3.05, 3.63) is 41.0 Å². The molecule has 16 heavy (non-hydrogen) atoms. The highest BCUT2D eigenvalue weighted by Gasteiger charge is 2.19. The van der Waals surface area contributed by atoms with Crippen LogP contribution in [0.15, 0.2) is 24.3 Å². The van der Waals surface area contributed by atoms with E-state index in [-0.39, 0.29) is 5.41 Å². The van der Waals surface area contributed by atoms with Crippen LogP contribution in [0.2, 0.25) is 0 Å². The van der Waals surface area contributed by atoms with Crippen LogP contribution in [-0.4, -0.2) is 13.1 Å². The molecule has 1 heteroatoms. The number of hydrogen-bond donors (Lipinski definition) is 1. The highest BCUT2D eigenvalue weighted by Crippen LogP contribution is 2.30. The van der Waals surface area contributed by atoms with Crippen LogP contribution in [0, 0.1) is 6.92 Å². The molecule has 0 amide bonds. The monoisotopic (exact) mass is 215 g/mol. The van der Waals surface area contributed by atoms with Gasteiger partial charge in [0.25, 0.3) is 0 Å². The van der Waals surface area contributed by atoms with Gasteiger partial charge in [-0.3, -0.25) is 0 Å². The summed E-state index contributed by atoms with van der Waals surface area (Å²) >= 11 is 0. The quantitative estimate of drug-likeness (QED) is 0.758. The first-order chi connectivity index (χ1) is 7.50. The van der Waals surface area contributed by atoms with Crippen molar-refractivity contribution >= 4 is 5.57 Å². The lowest BCUT2D eigenvalue weighted by Gasteiger charge is -2.23. The molecule has 1 heterocycles. The second kappa shape index (κ2) is 4.06. The highest BCUT2D eigenvalue weighted by molar-refractivity contribution is 5.72. The third-order valence-electron chi connectivity index (χ3n) is 3.30. The molecule has 0 radical (unpaired) electrons.